The number of amides is 3. The van der Waals surface area contributed by atoms with Gasteiger partial charge in [0.1, 0.15) is 0 Å². The number of imide groups is 1. The highest BCUT2D eigenvalue weighted by Gasteiger charge is 2.35. The third-order valence-electron chi connectivity index (χ3n) is 6.05. The number of carbonyl (C=O) groups is 3. The highest BCUT2D eigenvalue weighted by molar-refractivity contribution is 8.18. The number of rotatable bonds is 9. The molecule has 196 valence electrons. The highest BCUT2D eigenvalue weighted by Crippen LogP contribution is 2.35. The van der Waals surface area contributed by atoms with Crippen LogP contribution < -0.4 is 14.8 Å². The first-order chi connectivity index (χ1) is 18.2. The van der Waals surface area contributed by atoms with Crippen LogP contribution in [0.2, 0.25) is 0 Å². The van der Waals surface area contributed by atoms with Crippen LogP contribution in [0.4, 0.5) is 10.5 Å². The molecule has 0 aromatic heterocycles. The Morgan fingerprint density at radius 1 is 0.921 bits per heavy atom. The largest absolute Gasteiger partial charge is 0.490 e. The van der Waals surface area contributed by atoms with Gasteiger partial charge >= 0.3 is 0 Å². The maximum Gasteiger partial charge on any atom is 0.293 e. The van der Waals surface area contributed by atoms with Crippen LogP contribution in [0.5, 0.6) is 11.5 Å². The van der Waals surface area contributed by atoms with Gasteiger partial charge in [-0.05, 0) is 92.1 Å². The molecule has 8 heteroatoms. The Morgan fingerprint density at radius 2 is 1.68 bits per heavy atom. The third kappa shape index (κ3) is 6.63. The van der Waals surface area contributed by atoms with Gasteiger partial charge in [0.15, 0.2) is 18.1 Å². The molecule has 7 nitrogen and oxygen atoms in total. The number of hydrogen-bond donors (Lipinski definition) is 1. The fourth-order valence-electron chi connectivity index (χ4n) is 3.83. The zero-order valence-electron chi connectivity index (χ0n) is 21.9. The number of aryl methyl sites for hydroxylation is 3. The van der Waals surface area contributed by atoms with E-state index in [4.69, 9.17) is 9.47 Å². The summed E-state index contributed by atoms with van der Waals surface area (Å²) in [5, 5.41) is 2.53. The second-order valence-electron chi connectivity index (χ2n) is 9.03. The quantitative estimate of drug-likeness (QED) is 0.329. The molecule has 3 amide bonds. The van der Waals surface area contributed by atoms with Gasteiger partial charge in [-0.15, -0.1) is 0 Å². The predicted octanol–water partition coefficient (Wildman–Crippen LogP) is 6.26. The lowest BCUT2D eigenvalue weighted by Crippen LogP contribution is -2.27. The first-order valence-electron chi connectivity index (χ1n) is 12.3. The van der Waals surface area contributed by atoms with Crippen molar-refractivity contribution in [2.24, 2.45) is 0 Å². The Hall–Kier alpha value is -4.04. The van der Waals surface area contributed by atoms with Gasteiger partial charge in [0.2, 0.25) is 0 Å². The molecular weight excluding hydrogens is 500 g/mol. The number of carbonyl (C=O) groups excluding carboxylic acids is 3. The van der Waals surface area contributed by atoms with Gasteiger partial charge in [-0.25, -0.2) is 0 Å². The molecule has 0 saturated carbocycles. The van der Waals surface area contributed by atoms with E-state index < -0.39 is 0 Å². The lowest BCUT2D eigenvalue weighted by Gasteiger charge is -2.13. The van der Waals surface area contributed by atoms with Gasteiger partial charge in [0.25, 0.3) is 17.1 Å². The topological polar surface area (TPSA) is 84.9 Å². The van der Waals surface area contributed by atoms with Crippen molar-refractivity contribution >= 4 is 40.6 Å². The molecule has 4 rings (SSSR count). The monoisotopic (exact) mass is 530 g/mol. The summed E-state index contributed by atoms with van der Waals surface area (Å²) < 4.78 is 11.5. The molecule has 1 aliphatic heterocycles. The number of ether oxygens (including phenoxy) is 2. The van der Waals surface area contributed by atoms with Crippen LogP contribution in [0, 0.1) is 20.8 Å². The normalized spacial score (nSPS) is 14.2. The lowest BCUT2D eigenvalue weighted by atomic mass is 10.1. The Balaban J connectivity index is 1.43. The summed E-state index contributed by atoms with van der Waals surface area (Å²) in [6.07, 6.45) is 1.67. The second-order valence-corrected chi connectivity index (χ2v) is 10.0. The van der Waals surface area contributed by atoms with E-state index in [-0.39, 0.29) is 30.2 Å². The van der Waals surface area contributed by atoms with Gasteiger partial charge in [-0.2, -0.15) is 0 Å². The van der Waals surface area contributed by atoms with Crippen molar-refractivity contribution in [2.45, 2.75) is 34.2 Å². The maximum absolute atomic E-state index is 13.0. The summed E-state index contributed by atoms with van der Waals surface area (Å²) in [4.78, 5) is 39.5. The first-order valence-corrected chi connectivity index (χ1v) is 13.1. The second kappa shape index (κ2) is 12.0. The summed E-state index contributed by atoms with van der Waals surface area (Å²) in [5.74, 6) is 0.231. The zero-order chi connectivity index (χ0) is 27.2. The Labute approximate surface area is 226 Å². The molecule has 3 aromatic carbocycles. The van der Waals surface area contributed by atoms with E-state index in [1.807, 2.05) is 70.2 Å². The molecule has 3 aromatic rings. The number of hydrogen-bond acceptors (Lipinski definition) is 6. The number of nitrogens with one attached hydrogen (secondary N) is 1. The molecule has 1 fully saturated rings. The van der Waals surface area contributed by atoms with Gasteiger partial charge in [0, 0.05) is 5.69 Å². The molecule has 1 aliphatic rings. The summed E-state index contributed by atoms with van der Waals surface area (Å²) in [7, 11) is 0. The van der Waals surface area contributed by atoms with Crippen LogP contribution in [0.25, 0.3) is 6.08 Å². The van der Waals surface area contributed by atoms with Gasteiger partial charge in [0.05, 0.1) is 18.1 Å². The fourth-order valence-corrected chi connectivity index (χ4v) is 4.66. The van der Waals surface area contributed by atoms with E-state index in [9.17, 15) is 14.4 Å². The van der Waals surface area contributed by atoms with E-state index in [2.05, 4.69) is 5.32 Å². The highest BCUT2D eigenvalue weighted by atomic mass is 32.2. The van der Waals surface area contributed by atoms with E-state index in [0.29, 0.717) is 34.3 Å². The average Bonchev–Trinajstić information content (AvgIpc) is 3.14. The van der Waals surface area contributed by atoms with E-state index in [1.165, 1.54) is 4.90 Å². The van der Waals surface area contributed by atoms with Gasteiger partial charge in [-0.1, -0.05) is 42.0 Å². The molecular formula is C30H30N2O5S. The molecule has 0 spiro atoms. The maximum atomic E-state index is 13.0. The Kier molecular flexibility index (Phi) is 8.53. The van der Waals surface area contributed by atoms with Crippen LogP contribution in [-0.4, -0.2) is 35.2 Å². The van der Waals surface area contributed by atoms with Crippen LogP contribution in [0.1, 0.15) is 34.7 Å². The van der Waals surface area contributed by atoms with Crippen LogP contribution in [0.3, 0.4) is 0 Å². The molecule has 0 bridgehead atoms. The molecule has 0 atom stereocenters. The smallest absolute Gasteiger partial charge is 0.293 e. The Morgan fingerprint density at radius 3 is 2.39 bits per heavy atom. The lowest BCUT2D eigenvalue weighted by molar-refractivity contribution is -0.123. The van der Waals surface area contributed by atoms with Crippen molar-refractivity contribution in [2.75, 3.05) is 18.5 Å². The van der Waals surface area contributed by atoms with E-state index in [1.54, 1.807) is 24.3 Å². The molecule has 0 radical (unpaired) electrons. The molecule has 0 unspecified atom stereocenters. The minimum Gasteiger partial charge on any atom is -0.490 e. The minimum absolute atomic E-state index is 0.190. The number of benzene rings is 3. The molecule has 1 saturated heterocycles. The number of thioether (sulfide) groups is 1. The van der Waals surface area contributed by atoms with Crippen LogP contribution in [0.15, 0.2) is 65.6 Å². The fraction of sp³-hybridized carbons (Fsp3) is 0.233. The zero-order valence-corrected chi connectivity index (χ0v) is 22.7. The van der Waals surface area contributed by atoms with Crippen molar-refractivity contribution in [1.29, 1.82) is 0 Å². The molecule has 38 heavy (non-hydrogen) atoms. The van der Waals surface area contributed by atoms with E-state index >= 15 is 0 Å². The van der Waals surface area contributed by atoms with E-state index in [0.717, 1.165) is 34.0 Å². The van der Waals surface area contributed by atoms with Crippen molar-refractivity contribution < 1.29 is 23.9 Å². The van der Waals surface area contributed by atoms with Crippen molar-refractivity contribution in [1.82, 2.24) is 4.90 Å². The molecule has 0 aliphatic carbocycles. The summed E-state index contributed by atoms with van der Waals surface area (Å²) in [6, 6.07) is 18.6. The number of nitrogens with zero attached hydrogens (tertiary/aromatic N) is 1. The predicted molar refractivity (Wildman–Crippen MR) is 150 cm³/mol. The standard InChI is InChI=1S/C30H30N2O5S/c1-5-36-26-15-23(11-13-25(26)37-18-28(33)31-24-12-8-20(3)21(4)14-24)16-27-29(34)32(30(35)38-27)17-22-9-6-19(2)7-10-22/h6-16H,5,17-18H2,1-4H3,(H,31,33)/b27-16-. The average molecular weight is 531 g/mol. The summed E-state index contributed by atoms with van der Waals surface area (Å²) >= 11 is 0.913. The SMILES string of the molecule is CCOc1cc(/C=C2\SC(=O)N(Cc3ccc(C)cc3)C2=O)ccc1OCC(=O)Nc1ccc(C)c(C)c1. The minimum atomic E-state index is -0.332. The Bertz CT molecular complexity index is 1400. The third-order valence-corrected chi connectivity index (χ3v) is 6.96. The van der Waals surface area contributed by atoms with Crippen molar-refractivity contribution in [3.63, 3.8) is 0 Å². The number of anilines is 1. The van der Waals surface area contributed by atoms with Gasteiger partial charge < -0.3 is 14.8 Å². The van der Waals surface area contributed by atoms with Crippen LogP contribution >= 0.6 is 11.8 Å². The van der Waals surface area contributed by atoms with Crippen molar-refractivity contribution in [3.8, 4) is 11.5 Å². The summed E-state index contributed by atoms with van der Waals surface area (Å²) in [5.41, 5.74) is 5.63. The molecule has 1 heterocycles. The first kappa shape index (κ1) is 27.0. The summed E-state index contributed by atoms with van der Waals surface area (Å²) in [6.45, 7) is 8.26. The van der Waals surface area contributed by atoms with Crippen molar-refractivity contribution in [3.05, 3.63) is 93.4 Å². The van der Waals surface area contributed by atoms with Crippen LogP contribution in [-0.2, 0) is 16.1 Å². The molecule has 1 N–H and O–H groups in total. The van der Waals surface area contributed by atoms with Gasteiger partial charge in [-0.3, -0.25) is 19.3 Å².